The van der Waals surface area contributed by atoms with Crippen molar-refractivity contribution in [3.63, 3.8) is 0 Å². The Morgan fingerprint density at radius 1 is 0.349 bits per heavy atom. The molecule has 6 nitrogen and oxygen atoms in total. The summed E-state index contributed by atoms with van der Waals surface area (Å²) >= 11 is 0. The standard InChI is InChI=1S/C57H86O6/c1-4-7-10-13-16-19-22-25-26-27-28-29-30-33-35-38-41-44-47-50-56(59)62-53-54(63-57(60)51-48-45-42-39-36-32-24-21-18-15-12-9-6-3)52-61-55(58)49-46-43-40-37-34-31-23-20-17-14-11-8-5-2/h7,9-10,12,15-16,18-19,21,24-26,28-29,31-36,40-41,43-44,54H,4-6,8,11,13-14,17,20,22-23,27,30,37-39,42,45-53H2,1-3H3/b10-7-,12-9-,18-15-,19-16-,24-21-,26-25-,29-28-,34-31-,35-33-,36-32-,43-40-,44-41-. The fourth-order valence-electron chi connectivity index (χ4n) is 5.82. The van der Waals surface area contributed by atoms with E-state index in [1.165, 1.54) is 38.5 Å². The molecule has 0 rings (SSSR count). The molecule has 0 N–H and O–H groups in total. The van der Waals surface area contributed by atoms with Gasteiger partial charge in [0.2, 0.25) is 0 Å². The lowest BCUT2D eigenvalue weighted by Gasteiger charge is -2.18. The molecule has 0 aliphatic rings. The topological polar surface area (TPSA) is 78.9 Å². The van der Waals surface area contributed by atoms with Crippen molar-refractivity contribution >= 4 is 17.9 Å². The molecule has 1 atom stereocenters. The Bertz CT molecular complexity index is 1460. The number of carbonyl (C=O) groups is 3. The highest BCUT2D eigenvalue weighted by Gasteiger charge is 2.19. The van der Waals surface area contributed by atoms with Crippen molar-refractivity contribution < 1.29 is 28.6 Å². The summed E-state index contributed by atoms with van der Waals surface area (Å²) < 4.78 is 16.6. The zero-order valence-corrected chi connectivity index (χ0v) is 39.8. The summed E-state index contributed by atoms with van der Waals surface area (Å²) in [4.78, 5) is 37.8. The highest BCUT2D eigenvalue weighted by molar-refractivity contribution is 5.71. The molecule has 1 unspecified atom stereocenters. The molecule has 0 saturated carbocycles. The molecule has 350 valence electrons. The summed E-state index contributed by atoms with van der Waals surface area (Å²) in [5, 5.41) is 0. The second-order valence-corrected chi connectivity index (χ2v) is 15.3. The van der Waals surface area contributed by atoms with Gasteiger partial charge in [-0.15, -0.1) is 0 Å². The van der Waals surface area contributed by atoms with Gasteiger partial charge in [-0.25, -0.2) is 0 Å². The van der Waals surface area contributed by atoms with Gasteiger partial charge in [-0.2, -0.15) is 0 Å². The second-order valence-electron chi connectivity index (χ2n) is 15.3. The molecule has 6 heteroatoms. The lowest BCUT2D eigenvalue weighted by molar-refractivity contribution is -0.166. The number of esters is 3. The molecular weight excluding hydrogens is 781 g/mol. The monoisotopic (exact) mass is 867 g/mol. The Kier molecular flexibility index (Phi) is 46.2. The van der Waals surface area contributed by atoms with Gasteiger partial charge < -0.3 is 14.2 Å². The maximum Gasteiger partial charge on any atom is 0.306 e. The molecule has 0 aliphatic heterocycles. The normalized spacial score (nSPS) is 13.4. The van der Waals surface area contributed by atoms with Crippen molar-refractivity contribution in [3.8, 4) is 0 Å². The van der Waals surface area contributed by atoms with Crippen LogP contribution < -0.4 is 0 Å². The van der Waals surface area contributed by atoms with Crippen LogP contribution in [0.15, 0.2) is 146 Å². The first kappa shape index (κ1) is 58.3. The smallest absolute Gasteiger partial charge is 0.306 e. The third-order valence-corrected chi connectivity index (χ3v) is 9.43. The molecule has 0 amide bonds. The molecule has 0 radical (unpaired) electrons. The number of allylic oxidation sites excluding steroid dienone is 24. The molecule has 0 heterocycles. The fraction of sp³-hybridized carbons (Fsp3) is 0.526. The van der Waals surface area contributed by atoms with Gasteiger partial charge >= 0.3 is 17.9 Å². The predicted octanol–water partition coefficient (Wildman–Crippen LogP) is 16.1. The van der Waals surface area contributed by atoms with Crippen LogP contribution in [0.2, 0.25) is 0 Å². The maximum absolute atomic E-state index is 12.7. The molecule has 0 aromatic carbocycles. The van der Waals surface area contributed by atoms with E-state index in [0.717, 1.165) is 77.0 Å². The first-order valence-electron chi connectivity index (χ1n) is 24.4. The van der Waals surface area contributed by atoms with E-state index in [1.54, 1.807) is 0 Å². The van der Waals surface area contributed by atoms with Crippen molar-refractivity contribution in [2.24, 2.45) is 0 Å². The fourth-order valence-corrected chi connectivity index (χ4v) is 5.82. The zero-order chi connectivity index (χ0) is 45.8. The third kappa shape index (κ3) is 48.2. The van der Waals surface area contributed by atoms with Gasteiger partial charge in [0.25, 0.3) is 0 Å². The van der Waals surface area contributed by atoms with E-state index in [-0.39, 0.29) is 50.4 Å². The molecular formula is C57H86O6. The average molecular weight is 867 g/mol. The average Bonchev–Trinajstić information content (AvgIpc) is 3.28. The van der Waals surface area contributed by atoms with Crippen molar-refractivity contribution in [2.45, 2.75) is 181 Å². The summed E-state index contributed by atoms with van der Waals surface area (Å²) in [7, 11) is 0. The zero-order valence-electron chi connectivity index (χ0n) is 39.8. The van der Waals surface area contributed by atoms with Gasteiger partial charge in [0.05, 0.1) is 0 Å². The Morgan fingerprint density at radius 2 is 0.730 bits per heavy atom. The van der Waals surface area contributed by atoms with Gasteiger partial charge in [-0.05, 0) is 96.3 Å². The van der Waals surface area contributed by atoms with E-state index in [2.05, 4.69) is 112 Å². The number of hydrogen-bond acceptors (Lipinski definition) is 6. The lowest BCUT2D eigenvalue weighted by atomic mass is 10.1. The van der Waals surface area contributed by atoms with Crippen LogP contribution in [0.25, 0.3) is 0 Å². The van der Waals surface area contributed by atoms with Crippen LogP contribution in [0.5, 0.6) is 0 Å². The van der Waals surface area contributed by atoms with Crippen LogP contribution in [0, 0.1) is 0 Å². The van der Waals surface area contributed by atoms with Crippen molar-refractivity contribution in [1.82, 2.24) is 0 Å². The first-order valence-corrected chi connectivity index (χ1v) is 24.4. The van der Waals surface area contributed by atoms with Gasteiger partial charge in [0.15, 0.2) is 6.10 Å². The largest absolute Gasteiger partial charge is 0.462 e. The van der Waals surface area contributed by atoms with Crippen LogP contribution in [-0.2, 0) is 28.6 Å². The Hall–Kier alpha value is -4.71. The predicted molar refractivity (Wildman–Crippen MR) is 269 cm³/mol. The SMILES string of the molecule is CC\C=C/C=C\C=C/C=C\CCCCCC(=O)OC(COC(=O)CC/C=C\C/C=C\C/C=C\C/C=C\C/C=C\C/C=C\CC)COC(=O)CC/C=C\C/C=C\CCCCCCCC. The molecule has 0 aromatic rings. The molecule has 0 saturated heterocycles. The summed E-state index contributed by atoms with van der Waals surface area (Å²) in [6.07, 6.45) is 71.4. The van der Waals surface area contributed by atoms with E-state index >= 15 is 0 Å². The number of carbonyl (C=O) groups excluding carboxylic acids is 3. The summed E-state index contributed by atoms with van der Waals surface area (Å²) in [6.45, 7) is 6.18. The Labute approximate surface area is 385 Å². The highest BCUT2D eigenvalue weighted by atomic mass is 16.6. The van der Waals surface area contributed by atoms with Gasteiger partial charge in [-0.3, -0.25) is 14.4 Å². The molecule has 0 aliphatic carbocycles. The van der Waals surface area contributed by atoms with Crippen LogP contribution in [-0.4, -0.2) is 37.2 Å². The van der Waals surface area contributed by atoms with Gasteiger partial charge in [0.1, 0.15) is 13.2 Å². The van der Waals surface area contributed by atoms with E-state index in [4.69, 9.17) is 14.2 Å². The van der Waals surface area contributed by atoms with Crippen molar-refractivity contribution in [1.29, 1.82) is 0 Å². The van der Waals surface area contributed by atoms with E-state index in [9.17, 15) is 14.4 Å². The molecule has 0 spiro atoms. The first-order chi connectivity index (χ1) is 31.0. The van der Waals surface area contributed by atoms with Gasteiger partial charge in [-0.1, -0.05) is 205 Å². The van der Waals surface area contributed by atoms with Gasteiger partial charge in [0, 0.05) is 19.3 Å². The minimum Gasteiger partial charge on any atom is -0.462 e. The Balaban J connectivity index is 4.65. The van der Waals surface area contributed by atoms with E-state index in [1.807, 2.05) is 54.7 Å². The number of hydrogen-bond donors (Lipinski definition) is 0. The summed E-state index contributed by atoms with van der Waals surface area (Å²) in [5.41, 5.74) is 0. The van der Waals surface area contributed by atoms with Crippen molar-refractivity contribution in [2.75, 3.05) is 13.2 Å². The molecule has 63 heavy (non-hydrogen) atoms. The van der Waals surface area contributed by atoms with E-state index in [0.29, 0.717) is 19.3 Å². The maximum atomic E-state index is 12.7. The second kappa shape index (κ2) is 49.9. The molecule has 0 aromatic heterocycles. The highest BCUT2D eigenvalue weighted by Crippen LogP contribution is 2.10. The quantitative estimate of drug-likeness (QED) is 0.0200. The molecule has 0 fully saturated rings. The van der Waals surface area contributed by atoms with Crippen LogP contribution in [0.1, 0.15) is 175 Å². The number of unbranched alkanes of at least 4 members (excludes halogenated alkanes) is 9. The lowest BCUT2D eigenvalue weighted by Crippen LogP contribution is -2.30. The van der Waals surface area contributed by atoms with Crippen LogP contribution >= 0.6 is 0 Å². The number of rotatable bonds is 41. The van der Waals surface area contributed by atoms with E-state index < -0.39 is 6.10 Å². The Morgan fingerprint density at radius 3 is 1.22 bits per heavy atom. The van der Waals surface area contributed by atoms with Crippen LogP contribution in [0.3, 0.4) is 0 Å². The third-order valence-electron chi connectivity index (χ3n) is 9.43. The minimum atomic E-state index is -0.857. The summed E-state index contributed by atoms with van der Waals surface area (Å²) in [6, 6.07) is 0. The minimum absolute atomic E-state index is 0.154. The molecule has 0 bridgehead atoms. The number of ether oxygens (including phenoxy) is 3. The van der Waals surface area contributed by atoms with Crippen LogP contribution in [0.4, 0.5) is 0 Å². The van der Waals surface area contributed by atoms with Crippen molar-refractivity contribution in [3.05, 3.63) is 146 Å². The summed E-state index contributed by atoms with van der Waals surface area (Å²) in [5.74, 6) is -1.16.